The predicted octanol–water partition coefficient (Wildman–Crippen LogP) is 2.30. The Morgan fingerprint density at radius 3 is 3.10 bits per heavy atom. The molecule has 1 fully saturated rings. The minimum atomic E-state index is -0.748. The summed E-state index contributed by atoms with van der Waals surface area (Å²) in [4.78, 5) is 17.3. The second-order valence-corrected chi connectivity index (χ2v) is 5.52. The second-order valence-electron chi connectivity index (χ2n) is 5.08. The van der Waals surface area contributed by atoms with Crippen LogP contribution < -0.4 is 0 Å². The van der Waals surface area contributed by atoms with Crippen LogP contribution in [0, 0.1) is 5.92 Å². The summed E-state index contributed by atoms with van der Waals surface area (Å²) in [7, 11) is 0. The van der Waals surface area contributed by atoms with Crippen LogP contribution in [0.5, 0.6) is 0 Å². The minimum Gasteiger partial charge on any atom is -0.481 e. The summed E-state index contributed by atoms with van der Waals surface area (Å²) in [5, 5.41) is 13.5. The number of halogens is 1. The van der Waals surface area contributed by atoms with E-state index in [1.54, 1.807) is 12.1 Å². The molecule has 2 aromatic rings. The van der Waals surface area contributed by atoms with E-state index in [-0.39, 0.29) is 5.92 Å². The van der Waals surface area contributed by atoms with E-state index in [9.17, 15) is 4.79 Å². The summed E-state index contributed by atoms with van der Waals surface area (Å²) >= 11 is 5.93. The summed E-state index contributed by atoms with van der Waals surface area (Å²) in [6.07, 6.45) is 0.657. The summed E-state index contributed by atoms with van der Waals surface area (Å²) < 4.78 is 5.22. The molecule has 0 saturated carbocycles. The molecule has 3 rings (SSSR count). The smallest absolute Gasteiger partial charge is 0.307 e. The molecule has 0 aliphatic carbocycles. The largest absolute Gasteiger partial charge is 0.481 e. The number of aliphatic carboxylic acids is 1. The Hall–Kier alpha value is -1.92. The van der Waals surface area contributed by atoms with Crippen molar-refractivity contribution in [2.75, 3.05) is 13.1 Å². The highest BCUT2D eigenvalue weighted by atomic mass is 35.5. The third-order valence-electron chi connectivity index (χ3n) is 3.53. The van der Waals surface area contributed by atoms with E-state index in [1.807, 2.05) is 17.0 Å². The van der Waals surface area contributed by atoms with E-state index in [0.717, 1.165) is 12.1 Å². The van der Waals surface area contributed by atoms with Gasteiger partial charge in [0.15, 0.2) is 0 Å². The Morgan fingerprint density at radius 1 is 1.52 bits per heavy atom. The Labute approximate surface area is 126 Å². The molecule has 1 aromatic heterocycles. The first-order chi connectivity index (χ1) is 10.1. The number of hydrogen-bond acceptors (Lipinski definition) is 5. The third-order valence-corrected chi connectivity index (χ3v) is 3.77. The highest BCUT2D eigenvalue weighted by molar-refractivity contribution is 6.30. The molecule has 1 aromatic carbocycles. The van der Waals surface area contributed by atoms with E-state index in [4.69, 9.17) is 21.2 Å². The molecule has 1 atom stereocenters. The first-order valence-corrected chi connectivity index (χ1v) is 7.03. The molecule has 1 aliphatic heterocycles. The summed E-state index contributed by atoms with van der Waals surface area (Å²) in [6.45, 7) is 1.72. The molecule has 21 heavy (non-hydrogen) atoms. The monoisotopic (exact) mass is 307 g/mol. The van der Waals surface area contributed by atoms with Gasteiger partial charge in [-0.1, -0.05) is 28.9 Å². The first-order valence-electron chi connectivity index (χ1n) is 6.65. The summed E-state index contributed by atoms with van der Waals surface area (Å²) in [5.74, 6) is -0.0829. The standard InChI is InChI=1S/C14H14ClN3O3/c15-11-3-1-2-9(6-11)13-16-12(21-17-13)8-18-5-4-10(7-18)14(19)20/h1-3,6,10H,4-5,7-8H2,(H,19,20)/t10-/m1/s1. The van der Waals surface area contributed by atoms with Crippen molar-refractivity contribution in [1.82, 2.24) is 15.0 Å². The van der Waals surface area contributed by atoms with Gasteiger partial charge >= 0.3 is 5.97 Å². The van der Waals surface area contributed by atoms with Crippen molar-refractivity contribution in [2.24, 2.45) is 5.92 Å². The normalized spacial score (nSPS) is 19.0. The molecular weight excluding hydrogens is 294 g/mol. The number of likely N-dealkylation sites (tertiary alicyclic amines) is 1. The van der Waals surface area contributed by atoms with Gasteiger partial charge in [-0.25, -0.2) is 0 Å². The first kappa shape index (κ1) is 14.0. The lowest BCUT2D eigenvalue weighted by molar-refractivity contribution is -0.141. The van der Waals surface area contributed by atoms with E-state index >= 15 is 0 Å². The van der Waals surface area contributed by atoms with Crippen molar-refractivity contribution >= 4 is 17.6 Å². The molecule has 2 heterocycles. The maximum atomic E-state index is 10.9. The lowest BCUT2D eigenvalue weighted by Gasteiger charge is -2.11. The van der Waals surface area contributed by atoms with Crippen LogP contribution in [0.15, 0.2) is 28.8 Å². The number of hydrogen-bond donors (Lipinski definition) is 1. The van der Waals surface area contributed by atoms with Crippen molar-refractivity contribution in [3.63, 3.8) is 0 Å². The second kappa shape index (κ2) is 5.83. The average Bonchev–Trinajstić information content (AvgIpc) is 3.08. The quantitative estimate of drug-likeness (QED) is 0.933. The highest BCUT2D eigenvalue weighted by Crippen LogP contribution is 2.22. The Bertz CT molecular complexity index is 658. The molecule has 1 N–H and O–H groups in total. The van der Waals surface area contributed by atoms with E-state index in [0.29, 0.717) is 36.2 Å². The zero-order valence-corrected chi connectivity index (χ0v) is 12.0. The maximum absolute atomic E-state index is 10.9. The van der Waals surface area contributed by atoms with Gasteiger partial charge in [0.05, 0.1) is 12.5 Å². The molecule has 0 spiro atoms. The SMILES string of the molecule is O=C(O)[C@@H]1CCN(Cc2nc(-c3cccc(Cl)c3)no2)C1. The number of carboxylic acids is 1. The number of nitrogens with zero attached hydrogens (tertiary/aromatic N) is 3. The van der Waals surface area contributed by atoms with Gasteiger partial charge in [0.25, 0.3) is 0 Å². The van der Waals surface area contributed by atoms with Crippen LogP contribution in [0.4, 0.5) is 0 Å². The number of carboxylic acid groups (broad SMARTS) is 1. The van der Waals surface area contributed by atoms with E-state index in [2.05, 4.69) is 10.1 Å². The number of benzene rings is 1. The zero-order valence-electron chi connectivity index (χ0n) is 11.2. The zero-order chi connectivity index (χ0) is 14.8. The minimum absolute atomic E-state index is 0.305. The highest BCUT2D eigenvalue weighted by Gasteiger charge is 2.28. The van der Waals surface area contributed by atoms with Crippen LogP contribution in [0.25, 0.3) is 11.4 Å². The fourth-order valence-electron chi connectivity index (χ4n) is 2.43. The van der Waals surface area contributed by atoms with E-state index < -0.39 is 5.97 Å². The lowest BCUT2D eigenvalue weighted by atomic mass is 10.1. The topological polar surface area (TPSA) is 79.5 Å². The van der Waals surface area contributed by atoms with Crippen LogP contribution in [0.2, 0.25) is 5.02 Å². The Kier molecular flexibility index (Phi) is 3.90. The van der Waals surface area contributed by atoms with Crippen molar-refractivity contribution in [2.45, 2.75) is 13.0 Å². The van der Waals surface area contributed by atoms with Gasteiger partial charge in [-0.05, 0) is 25.1 Å². The molecule has 0 bridgehead atoms. The van der Waals surface area contributed by atoms with Crippen LogP contribution in [-0.2, 0) is 11.3 Å². The summed E-state index contributed by atoms with van der Waals surface area (Å²) in [5.41, 5.74) is 0.794. The third kappa shape index (κ3) is 3.22. The maximum Gasteiger partial charge on any atom is 0.307 e. The number of carbonyl (C=O) groups is 1. The molecule has 110 valence electrons. The van der Waals surface area contributed by atoms with Crippen LogP contribution in [0.1, 0.15) is 12.3 Å². The Morgan fingerprint density at radius 2 is 2.38 bits per heavy atom. The van der Waals surface area contributed by atoms with Crippen molar-refractivity contribution in [3.05, 3.63) is 35.2 Å². The van der Waals surface area contributed by atoms with Crippen LogP contribution in [-0.4, -0.2) is 39.2 Å². The molecule has 0 radical (unpaired) electrons. The van der Waals surface area contributed by atoms with Gasteiger partial charge in [0, 0.05) is 17.1 Å². The van der Waals surface area contributed by atoms with Crippen LogP contribution in [0.3, 0.4) is 0 Å². The van der Waals surface area contributed by atoms with Gasteiger partial charge in [-0.3, -0.25) is 9.69 Å². The van der Waals surface area contributed by atoms with Gasteiger partial charge in [-0.2, -0.15) is 4.98 Å². The molecule has 0 amide bonds. The van der Waals surface area contributed by atoms with Gasteiger partial charge in [0.1, 0.15) is 0 Å². The Balaban J connectivity index is 1.67. The molecule has 1 aliphatic rings. The van der Waals surface area contributed by atoms with E-state index in [1.165, 1.54) is 0 Å². The molecule has 7 heteroatoms. The fourth-order valence-corrected chi connectivity index (χ4v) is 2.62. The van der Waals surface area contributed by atoms with Crippen molar-refractivity contribution in [1.29, 1.82) is 0 Å². The average molecular weight is 308 g/mol. The molecule has 0 unspecified atom stereocenters. The van der Waals surface area contributed by atoms with Crippen LogP contribution >= 0.6 is 11.6 Å². The lowest BCUT2D eigenvalue weighted by Crippen LogP contribution is -2.22. The van der Waals surface area contributed by atoms with Crippen molar-refractivity contribution < 1.29 is 14.4 Å². The molecular formula is C14H14ClN3O3. The van der Waals surface area contributed by atoms with Gasteiger partial charge < -0.3 is 9.63 Å². The fraction of sp³-hybridized carbons (Fsp3) is 0.357. The number of aromatic nitrogens is 2. The summed E-state index contributed by atoms with van der Waals surface area (Å²) in [6, 6.07) is 7.23. The van der Waals surface area contributed by atoms with Gasteiger partial charge in [-0.15, -0.1) is 0 Å². The van der Waals surface area contributed by atoms with Gasteiger partial charge in [0.2, 0.25) is 11.7 Å². The number of rotatable bonds is 4. The molecule has 1 saturated heterocycles. The van der Waals surface area contributed by atoms with Crippen molar-refractivity contribution in [3.8, 4) is 11.4 Å². The molecule has 6 nitrogen and oxygen atoms in total. The predicted molar refractivity (Wildman–Crippen MR) is 75.8 cm³/mol.